The predicted molar refractivity (Wildman–Crippen MR) is 544 cm³/mol. The van der Waals surface area contributed by atoms with Gasteiger partial charge in [0.05, 0.1) is 23.4 Å². The molecule has 8 aromatic heterocycles. The quantitative estimate of drug-likeness (QED) is 0.0409. The fourth-order valence-electron chi connectivity index (χ4n) is 12.2. The van der Waals surface area contributed by atoms with E-state index in [1.807, 2.05) is 299 Å². The first kappa shape index (κ1) is 130. The number of para-hydroxylation sites is 1. The van der Waals surface area contributed by atoms with Crippen LogP contribution in [0.25, 0.3) is 112 Å². The van der Waals surface area contributed by atoms with Crippen molar-refractivity contribution in [3.8, 4) is 107 Å². The van der Waals surface area contributed by atoms with Crippen molar-refractivity contribution in [1.29, 1.82) is 0 Å². The SMILES string of the molecule is CC(=O)C=C(C)O.CC(=O)C=C(C)O.CC(O)=CC(C)O.CN(C)c1ccnc(-c2[c-]cc(F)cc2)c1.Cc1c[c-]c(-c2ccccn2)cc1.Cc1cc[c-]c(-c2ccccn2)c1.Cc1ccnc(-c2[c-]cc(F)cc2F)c1.Oc1ccccc1-c1ccccc1.[Ir].[Ir].[Ir].[Ir].[Ir].[Ir].[Pt].[c-]1c(-c2ccccn2)cccc1-c1ccccn1.[c-]1ccccc1-c1ccccn1.[c-]1ccccc1-c1nccc2ccccc12. The van der Waals surface area contributed by atoms with Gasteiger partial charge in [0.2, 0.25) is 0 Å². The molecule has 0 amide bonds. The molecule has 756 valence electrons. The first-order valence-electron chi connectivity index (χ1n) is 43.3. The Kier molecular flexibility index (Phi) is 65.5. The van der Waals surface area contributed by atoms with E-state index >= 15 is 0 Å². The van der Waals surface area contributed by atoms with Crippen LogP contribution in [0.15, 0.2) is 419 Å². The Morgan fingerprint density at radius 1 is 0.354 bits per heavy atom. The molecule has 8 heterocycles. The number of aliphatic hydroxyl groups excluding tert-OH is 4. The van der Waals surface area contributed by atoms with Gasteiger partial charge >= 0.3 is 0 Å². The third-order valence-corrected chi connectivity index (χ3v) is 18.4. The molecule has 18 aromatic rings. The number of aryl methyl sites for hydroxylation is 3. The van der Waals surface area contributed by atoms with E-state index < -0.39 is 17.7 Å². The molecule has 1 unspecified atom stereocenters. The Bertz CT molecular complexity index is 6630. The molecule has 16 nitrogen and oxygen atoms in total. The second-order valence-electron chi connectivity index (χ2n) is 30.2. The second-order valence-corrected chi connectivity index (χ2v) is 30.2. The fraction of sp³-hybridized carbons (Fsp3) is 0.102. The van der Waals surface area contributed by atoms with Gasteiger partial charge in [-0.1, -0.05) is 188 Å². The van der Waals surface area contributed by atoms with Crippen molar-refractivity contribution < 1.29 is 190 Å². The van der Waals surface area contributed by atoms with Crippen molar-refractivity contribution in [2.45, 2.75) is 68.4 Å². The molecule has 0 aliphatic heterocycles. The fourth-order valence-corrected chi connectivity index (χ4v) is 12.2. The van der Waals surface area contributed by atoms with Gasteiger partial charge in [-0.3, -0.25) is 32.7 Å². The molecular weight excluding hydrogens is 3060 g/mol. The van der Waals surface area contributed by atoms with E-state index in [4.69, 9.17) is 20.4 Å². The molecule has 0 fully saturated rings. The monoisotopic (exact) mass is 3170 g/mol. The zero-order chi connectivity index (χ0) is 98.5. The third kappa shape index (κ3) is 49.2. The van der Waals surface area contributed by atoms with Gasteiger partial charge in [0.25, 0.3) is 0 Å². The minimum atomic E-state index is -0.645. The van der Waals surface area contributed by atoms with Crippen LogP contribution in [0.4, 0.5) is 18.9 Å². The van der Waals surface area contributed by atoms with Crippen molar-refractivity contribution in [2.75, 3.05) is 19.0 Å². The number of carbonyl (C=O) groups excluding carboxylic acids is 2. The summed E-state index contributed by atoms with van der Waals surface area (Å²) >= 11 is 0. The van der Waals surface area contributed by atoms with Crippen molar-refractivity contribution in [3.05, 3.63) is 495 Å². The molecule has 1 atom stereocenters. The Morgan fingerprint density at radius 2 is 0.785 bits per heavy atom. The van der Waals surface area contributed by atoms with E-state index in [2.05, 4.69) is 120 Å². The molecule has 10 aromatic carbocycles. The second kappa shape index (κ2) is 72.7. The van der Waals surface area contributed by atoms with E-state index in [9.17, 15) is 27.9 Å². The maximum atomic E-state index is 13.4. The van der Waals surface area contributed by atoms with Gasteiger partial charge in [-0.2, -0.15) is 0 Å². The Morgan fingerprint density at radius 3 is 1.23 bits per heavy atom. The van der Waals surface area contributed by atoms with Crippen LogP contribution in [0.5, 0.6) is 5.75 Å². The predicted octanol–water partition coefficient (Wildman–Crippen LogP) is 27.4. The number of rotatable bonds is 13. The number of benzene rings is 10. The van der Waals surface area contributed by atoms with Gasteiger partial charge in [-0.15, -0.1) is 209 Å². The van der Waals surface area contributed by atoms with Gasteiger partial charge in [0.15, 0.2) is 11.6 Å². The molecule has 0 spiro atoms. The number of fused-ring (bicyclic) bond motifs is 1. The van der Waals surface area contributed by atoms with Crippen LogP contribution < -0.4 is 4.90 Å². The Hall–Kier alpha value is -12.4. The number of halogens is 3. The van der Waals surface area contributed by atoms with E-state index in [1.165, 1.54) is 86.9 Å². The van der Waals surface area contributed by atoms with Gasteiger partial charge in [0, 0.05) is 258 Å². The molecule has 5 N–H and O–H groups in total. The summed E-state index contributed by atoms with van der Waals surface area (Å²) in [5.74, 6) is -1.20. The van der Waals surface area contributed by atoms with Crippen LogP contribution in [-0.4, -0.2) is 97.2 Å². The van der Waals surface area contributed by atoms with Crippen molar-refractivity contribution in [1.82, 2.24) is 39.9 Å². The molecule has 0 aliphatic rings. The number of pyridine rings is 8. The zero-order valence-electron chi connectivity index (χ0n) is 80.2. The average Bonchev–Trinajstić information content (AvgIpc) is 0.811. The minimum Gasteiger partial charge on any atom is -0.513 e. The van der Waals surface area contributed by atoms with Crippen molar-refractivity contribution >= 4 is 28.0 Å². The number of carbonyl (C=O) groups is 2. The Balaban J connectivity index is 0.000000797. The number of anilines is 1. The van der Waals surface area contributed by atoms with E-state index in [1.54, 1.807) is 68.5 Å². The summed E-state index contributed by atoms with van der Waals surface area (Å²) in [6.07, 6.45) is 17.3. The normalized spacial score (nSPS) is 10.1. The van der Waals surface area contributed by atoms with E-state index in [-0.39, 0.29) is 182 Å². The number of phenolic OH excluding ortho intramolecular Hbond substituents is 1. The largest absolute Gasteiger partial charge is 0.513 e. The third-order valence-electron chi connectivity index (χ3n) is 18.4. The maximum Gasteiger partial charge on any atom is 0.155 e. The number of aliphatic hydroxyl groups is 4. The summed E-state index contributed by atoms with van der Waals surface area (Å²) in [5.41, 5.74) is 20.6. The number of nitrogens with zero attached hydrogens (tertiary/aromatic N) is 9. The molecule has 0 aliphatic carbocycles. The molecule has 0 bridgehead atoms. The number of allylic oxidation sites excluding steroid dienone is 5. The zero-order valence-corrected chi connectivity index (χ0v) is 96.9. The first-order valence-corrected chi connectivity index (χ1v) is 43.3. The number of ketones is 2. The van der Waals surface area contributed by atoms with Crippen LogP contribution >= 0.6 is 0 Å². The summed E-state index contributed by atoms with van der Waals surface area (Å²) in [6.45, 7) is 14.8. The van der Waals surface area contributed by atoms with E-state index in [0.717, 1.165) is 113 Å². The van der Waals surface area contributed by atoms with Crippen LogP contribution in [-0.2, 0) is 151 Å². The van der Waals surface area contributed by atoms with E-state index in [0.29, 0.717) is 11.4 Å². The molecule has 6 radical (unpaired) electrons. The molecule has 144 heavy (non-hydrogen) atoms. The number of hydrogen-bond acceptors (Lipinski definition) is 16. The maximum absolute atomic E-state index is 13.4. The summed E-state index contributed by atoms with van der Waals surface area (Å²) in [6, 6.07) is 126. The smallest absolute Gasteiger partial charge is 0.155 e. The number of phenols is 1. The number of aromatic hydroxyl groups is 1. The van der Waals surface area contributed by atoms with Crippen LogP contribution in [0.1, 0.15) is 58.2 Å². The van der Waals surface area contributed by atoms with Gasteiger partial charge in [-0.25, -0.2) is 0 Å². The molecule has 0 saturated carbocycles. The van der Waals surface area contributed by atoms with Crippen LogP contribution in [0.3, 0.4) is 0 Å². The summed E-state index contributed by atoms with van der Waals surface area (Å²) in [5, 5.41) is 45.6. The van der Waals surface area contributed by atoms with Gasteiger partial charge in [-0.05, 0) is 160 Å². The van der Waals surface area contributed by atoms with Crippen LogP contribution in [0, 0.1) is 80.7 Å². The molecule has 26 heteroatoms. The minimum absolute atomic E-state index is 0. The topological polar surface area (TPSA) is 242 Å². The standard InChI is InChI=1S/C16H11N2.C15H10N.C13H12FN2.C12H8F2N.2C12H10N.C12H10O.C11H8N.C5H10O2.2C5H8O2.6Ir.Pt/c1-3-10-17-15(8-1)13-6-5-7-14(12-13)16-9-2-4-11-18-16;1-2-7-13(8-3-1)15-14-9-5-4-6-12(14)10-11-16-15;1-16(2)12-7-8-15-13(9-12)10-3-5-11(14)6-4-10;1-8-4-5-15-12(6-8)10-3-2-9(13)7-11(10)14;1-10-5-4-6-11(9-10)12-7-2-3-8-13-12;1-10-5-7-11(8-6-10)12-4-2-3-9-13-12;13-12-9-5-4-8-11(12)10-6-2-1-3-7-10;1-2-6-10(7-3-1)11-8-4-5-9-12-11;3*1-4(6)3-5(2)7;;;;;;;/h1-11H;1-7,9-11H;3,5-9H,1-2H3;2,4-7H,1H3;2-5,7-9H,1H3;2-7,9H,1H3;1-9,13H;1-6,8-9H;3-4,6-7H,1-2H3;2*3,6H,1-2H3;;;;;;;/q6*-1;;-1;;;;;;;;;;. The van der Waals surface area contributed by atoms with Gasteiger partial charge < -0.3 is 60.3 Å². The number of hydrogen-bond donors (Lipinski definition) is 5. The van der Waals surface area contributed by atoms with Crippen molar-refractivity contribution in [3.63, 3.8) is 0 Å². The summed E-state index contributed by atoms with van der Waals surface area (Å²) in [4.78, 5) is 56.1. The summed E-state index contributed by atoms with van der Waals surface area (Å²) < 4.78 is 38.8. The Labute approximate surface area is 938 Å². The van der Waals surface area contributed by atoms with Crippen LogP contribution in [0.2, 0.25) is 0 Å². The molecular formula is C118H105F3Ir6N9O7Pt-7. The first-order chi connectivity index (χ1) is 66.2. The summed E-state index contributed by atoms with van der Waals surface area (Å²) in [7, 11) is 3.93. The number of aromatic nitrogens is 8. The molecule has 0 saturated heterocycles. The molecule has 18 rings (SSSR count). The van der Waals surface area contributed by atoms with Gasteiger partial charge in [0.1, 0.15) is 5.75 Å². The average molecular weight is 3170 g/mol. The van der Waals surface area contributed by atoms with Crippen molar-refractivity contribution in [2.24, 2.45) is 0 Å².